The van der Waals surface area contributed by atoms with Gasteiger partial charge in [-0.15, -0.1) is 0 Å². The van der Waals surface area contributed by atoms with Crippen molar-refractivity contribution >= 4 is 34.8 Å². The highest BCUT2D eigenvalue weighted by atomic mass is 35.5. The fraction of sp³-hybridized carbons (Fsp3) is 0.450. The van der Waals surface area contributed by atoms with Crippen LogP contribution in [0, 0.1) is 16.0 Å². The molecule has 0 spiro atoms. The Morgan fingerprint density at radius 1 is 1.34 bits per heavy atom. The van der Waals surface area contributed by atoms with Crippen LogP contribution >= 0.6 is 11.6 Å². The quantitative estimate of drug-likeness (QED) is 0.301. The van der Waals surface area contributed by atoms with Crippen molar-refractivity contribution in [1.29, 1.82) is 0 Å². The molecule has 2 aliphatic rings. The van der Waals surface area contributed by atoms with Crippen LogP contribution in [0.4, 0.5) is 5.69 Å². The summed E-state index contributed by atoms with van der Waals surface area (Å²) in [7, 11) is 1.49. The first-order chi connectivity index (χ1) is 13.8. The molecule has 2 atom stereocenters. The molecule has 29 heavy (non-hydrogen) atoms. The Hall–Kier alpha value is -2.58. The monoisotopic (exact) mass is 420 g/mol. The zero-order chi connectivity index (χ0) is 21.1. The maximum absolute atomic E-state index is 12.9. The Morgan fingerprint density at radius 3 is 2.79 bits per heavy atom. The van der Waals surface area contributed by atoms with Gasteiger partial charge in [-0.05, 0) is 31.4 Å². The van der Waals surface area contributed by atoms with Gasteiger partial charge in [-0.1, -0.05) is 11.6 Å². The molecule has 1 aliphatic heterocycles. The van der Waals surface area contributed by atoms with Crippen LogP contribution in [0.3, 0.4) is 0 Å². The minimum absolute atomic E-state index is 0.0500. The van der Waals surface area contributed by atoms with E-state index in [1.165, 1.54) is 25.3 Å². The number of nitro groups is 1. The van der Waals surface area contributed by atoms with E-state index in [-0.39, 0.29) is 29.7 Å². The highest BCUT2D eigenvalue weighted by Gasteiger charge is 2.44. The molecule has 0 saturated carbocycles. The number of carbonyl (C=O) groups is 2. The second-order valence-electron chi connectivity index (χ2n) is 6.97. The summed E-state index contributed by atoms with van der Waals surface area (Å²) in [5, 5.41) is 11.5. The second-order valence-corrected chi connectivity index (χ2v) is 7.38. The molecule has 0 amide bonds. The van der Waals surface area contributed by atoms with Gasteiger partial charge < -0.3 is 9.47 Å². The molecular weight excluding hydrogens is 400 g/mol. The van der Waals surface area contributed by atoms with Crippen molar-refractivity contribution in [3.8, 4) is 0 Å². The van der Waals surface area contributed by atoms with Gasteiger partial charge in [0.05, 0.1) is 11.5 Å². The summed E-state index contributed by atoms with van der Waals surface area (Å²) in [6.45, 7) is 1.97. The van der Waals surface area contributed by atoms with E-state index < -0.39 is 22.7 Å². The largest absolute Gasteiger partial charge is 0.463 e. The van der Waals surface area contributed by atoms with Crippen molar-refractivity contribution in [2.75, 3.05) is 20.3 Å². The van der Waals surface area contributed by atoms with E-state index in [9.17, 15) is 19.7 Å². The van der Waals surface area contributed by atoms with Crippen molar-refractivity contribution in [1.82, 2.24) is 0 Å². The summed E-state index contributed by atoms with van der Waals surface area (Å²) in [4.78, 5) is 41.0. The average Bonchev–Trinajstić information content (AvgIpc) is 2.67. The molecule has 3 rings (SSSR count). The molecule has 0 N–H and O–H groups in total. The number of hydrogen-bond acceptors (Lipinski definition) is 7. The standard InChI is InChI=1S/C20H21ClN2O6/c1-11-17(20(25)29-9-8-28-2)18(19-15(22-11)4-3-5-16(19)24)13-10-12(23(26)27)6-7-14(13)21/h6-7,10,17-18H,3-5,8-9H2,1-2H3/t17?,18-/m0/s1. The third-order valence-electron chi connectivity index (χ3n) is 5.15. The van der Waals surface area contributed by atoms with Gasteiger partial charge in [-0.25, -0.2) is 0 Å². The number of ether oxygens (including phenoxy) is 2. The molecule has 0 bridgehead atoms. The first-order valence-corrected chi connectivity index (χ1v) is 9.63. The molecule has 0 radical (unpaired) electrons. The number of ketones is 1. The van der Waals surface area contributed by atoms with E-state index in [4.69, 9.17) is 21.1 Å². The third kappa shape index (κ3) is 4.23. The van der Waals surface area contributed by atoms with Crippen LogP contribution in [0.5, 0.6) is 0 Å². The normalized spacial score (nSPS) is 21.5. The molecule has 1 unspecified atom stereocenters. The van der Waals surface area contributed by atoms with Crippen LogP contribution < -0.4 is 0 Å². The van der Waals surface area contributed by atoms with Crippen molar-refractivity contribution in [3.05, 3.63) is 50.2 Å². The van der Waals surface area contributed by atoms with Gasteiger partial charge in [-0.3, -0.25) is 24.7 Å². The van der Waals surface area contributed by atoms with Gasteiger partial charge in [0.2, 0.25) is 0 Å². The zero-order valence-corrected chi connectivity index (χ0v) is 16.9. The lowest BCUT2D eigenvalue weighted by Gasteiger charge is -2.34. The molecule has 0 fully saturated rings. The molecule has 0 saturated heterocycles. The summed E-state index contributed by atoms with van der Waals surface area (Å²) < 4.78 is 10.2. The highest BCUT2D eigenvalue weighted by Crippen LogP contribution is 2.46. The summed E-state index contributed by atoms with van der Waals surface area (Å²) in [5.74, 6) is -2.37. The molecule has 1 aromatic carbocycles. The number of Topliss-reactive ketones (excluding diaryl/α,β-unsaturated/α-hetero) is 1. The van der Waals surface area contributed by atoms with Crippen LogP contribution in [-0.2, 0) is 19.1 Å². The lowest BCUT2D eigenvalue weighted by molar-refractivity contribution is -0.384. The number of benzene rings is 1. The minimum atomic E-state index is -0.896. The molecule has 1 aliphatic carbocycles. The summed E-state index contributed by atoms with van der Waals surface area (Å²) >= 11 is 6.39. The lowest BCUT2D eigenvalue weighted by Crippen LogP contribution is -2.37. The maximum Gasteiger partial charge on any atom is 0.315 e. The van der Waals surface area contributed by atoms with Gasteiger partial charge in [0.25, 0.3) is 5.69 Å². The number of carbonyl (C=O) groups excluding carboxylic acids is 2. The van der Waals surface area contributed by atoms with E-state index in [0.717, 1.165) is 0 Å². The first kappa shape index (κ1) is 21.1. The molecule has 8 nitrogen and oxygen atoms in total. The van der Waals surface area contributed by atoms with Crippen LogP contribution in [0.1, 0.15) is 37.7 Å². The molecule has 1 heterocycles. The maximum atomic E-state index is 12.9. The van der Waals surface area contributed by atoms with E-state index in [0.29, 0.717) is 41.8 Å². The zero-order valence-electron chi connectivity index (χ0n) is 16.1. The topological polar surface area (TPSA) is 108 Å². The number of nitro benzene ring substituents is 1. The Labute approximate surface area is 172 Å². The first-order valence-electron chi connectivity index (χ1n) is 9.26. The predicted octanol–water partition coefficient (Wildman–Crippen LogP) is 3.62. The van der Waals surface area contributed by atoms with Gasteiger partial charge in [0, 0.05) is 53.6 Å². The van der Waals surface area contributed by atoms with Crippen LogP contribution in [0.2, 0.25) is 5.02 Å². The summed E-state index contributed by atoms with van der Waals surface area (Å²) in [6, 6.07) is 4.03. The average molecular weight is 421 g/mol. The van der Waals surface area contributed by atoms with E-state index in [1.807, 2.05) is 0 Å². The molecule has 154 valence electrons. The predicted molar refractivity (Wildman–Crippen MR) is 106 cm³/mol. The third-order valence-corrected chi connectivity index (χ3v) is 5.49. The molecular formula is C20H21ClN2O6. The van der Waals surface area contributed by atoms with Crippen LogP contribution in [-0.4, -0.2) is 42.7 Å². The smallest absolute Gasteiger partial charge is 0.315 e. The Balaban J connectivity index is 2.13. The van der Waals surface area contributed by atoms with Crippen LogP contribution in [0.25, 0.3) is 0 Å². The van der Waals surface area contributed by atoms with Crippen molar-refractivity contribution in [3.63, 3.8) is 0 Å². The summed E-state index contributed by atoms with van der Waals surface area (Å²) in [5.41, 5.74) is 1.70. The fourth-order valence-corrected chi connectivity index (χ4v) is 4.08. The van der Waals surface area contributed by atoms with Crippen molar-refractivity contribution in [2.24, 2.45) is 10.9 Å². The Bertz CT molecular complexity index is 924. The SMILES string of the molecule is COCCOC(=O)C1C(C)=NC2=C(C(=O)CCC2)[C@H]1c1cc([N+](=O)[O-])ccc1Cl. The molecule has 0 aromatic heterocycles. The van der Waals surface area contributed by atoms with Crippen molar-refractivity contribution in [2.45, 2.75) is 32.1 Å². The van der Waals surface area contributed by atoms with E-state index >= 15 is 0 Å². The van der Waals surface area contributed by atoms with E-state index in [2.05, 4.69) is 4.99 Å². The van der Waals surface area contributed by atoms with Crippen molar-refractivity contribution < 1.29 is 24.0 Å². The number of non-ortho nitro benzene ring substituents is 1. The number of nitrogens with zero attached hydrogens (tertiary/aromatic N) is 2. The van der Waals surface area contributed by atoms with Gasteiger partial charge in [-0.2, -0.15) is 0 Å². The number of methoxy groups -OCH3 is 1. The lowest BCUT2D eigenvalue weighted by atomic mass is 9.71. The number of rotatable bonds is 6. The molecule has 1 aromatic rings. The summed E-state index contributed by atoms with van der Waals surface area (Å²) in [6.07, 6.45) is 1.61. The van der Waals surface area contributed by atoms with Gasteiger partial charge >= 0.3 is 5.97 Å². The fourth-order valence-electron chi connectivity index (χ4n) is 3.85. The Morgan fingerprint density at radius 2 is 2.10 bits per heavy atom. The number of halogens is 1. The number of allylic oxidation sites excluding steroid dienone is 2. The molecule has 9 heteroatoms. The number of esters is 1. The van der Waals surface area contributed by atoms with Gasteiger partial charge in [0.1, 0.15) is 12.5 Å². The second kappa shape index (κ2) is 8.84. The highest BCUT2D eigenvalue weighted by molar-refractivity contribution is 6.31. The minimum Gasteiger partial charge on any atom is -0.463 e. The number of hydrogen-bond donors (Lipinski definition) is 0. The Kier molecular flexibility index (Phi) is 6.44. The van der Waals surface area contributed by atoms with Crippen LogP contribution in [0.15, 0.2) is 34.5 Å². The van der Waals surface area contributed by atoms with E-state index in [1.54, 1.807) is 6.92 Å². The number of aliphatic imine (C=N–C) groups is 1. The van der Waals surface area contributed by atoms with Gasteiger partial charge in [0.15, 0.2) is 5.78 Å².